The van der Waals surface area contributed by atoms with Crippen molar-refractivity contribution in [2.75, 3.05) is 19.8 Å². The van der Waals surface area contributed by atoms with E-state index in [1.54, 1.807) is 6.08 Å². The van der Waals surface area contributed by atoms with E-state index >= 15 is 0 Å². The van der Waals surface area contributed by atoms with Gasteiger partial charge in [0, 0.05) is 13.0 Å². The lowest BCUT2D eigenvalue weighted by atomic mass is 10.0. The molecule has 0 aromatic heterocycles. The third-order valence-corrected chi connectivity index (χ3v) is 10.8. The summed E-state index contributed by atoms with van der Waals surface area (Å²) in [4.78, 5) is 22.7. The van der Waals surface area contributed by atoms with Gasteiger partial charge in [-0.05, 0) is 44.9 Å². The van der Waals surface area contributed by atoms with Gasteiger partial charge in [-0.3, -0.25) is 13.8 Å². The molecule has 0 heterocycles. The molecule has 1 amide bonds. The minimum Gasteiger partial charge on any atom is -0.387 e. The highest BCUT2D eigenvalue weighted by atomic mass is 31.2. The number of nitrogens with one attached hydrogen (secondary N) is 1. The first-order chi connectivity index (χ1) is 25.4. The van der Waals surface area contributed by atoms with Crippen molar-refractivity contribution in [3.63, 3.8) is 0 Å². The second-order valence-electron chi connectivity index (χ2n) is 14.9. The van der Waals surface area contributed by atoms with Gasteiger partial charge in [0.25, 0.3) is 0 Å². The molecule has 0 aliphatic rings. The number of phosphoric ester groups is 1. The van der Waals surface area contributed by atoms with Gasteiger partial charge in [0.15, 0.2) is 0 Å². The van der Waals surface area contributed by atoms with Gasteiger partial charge in [-0.2, -0.15) is 0 Å². The average molecular weight is 757 g/mol. The van der Waals surface area contributed by atoms with Gasteiger partial charge < -0.3 is 21.1 Å². The van der Waals surface area contributed by atoms with E-state index in [2.05, 4.69) is 31.3 Å². The van der Waals surface area contributed by atoms with Crippen LogP contribution in [0.4, 0.5) is 0 Å². The standard InChI is InChI=1S/C43H85N2O6P/c1-3-5-7-9-11-13-15-17-18-19-20-21-22-23-25-26-28-30-32-34-36-42(46)41(40-51-52(48,49)50-39-38-44)45-43(47)37-35-33-31-29-27-24-16-14-12-10-8-6-4-2/h14,16,34,36,41-42,46H,3-13,15,17-33,35,37-40,44H2,1-2H3,(H,45,47)(H,48,49)/b16-14-,36-34+. The summed E-state index contributed by atoms with van der Waals surface area (Å²) in [6, 6.07) is -0.861. The number of hydrogen-bond acceptors (Lipinski definition) is 6. The van der Waals surface area contributed by atoms with Crippen molar-refractivity contribution in [1.29, 1.82) is 0 Å². The fourth-order valence-electron chi connectivity index (χ4n) is 6.42. The van der Waals surface area contributed by atoms with Gasteiger partial charge in [0.1, 0.15) is 0 Å². The zero-order valence-corrected chi connectivity index (χ0v) is 35.0. The smallest absolute Gasteiger partial charge is 0.387 e. The molecule has 5 N–H and O–H groups in total. The monoisotopic (exact) mass is 757 g/mol. The van der Waals surface area contributed by atoms with E-state index in [0.717, 1.165) is 51.4 Å². The topological polar surface area (TPSA) is 131 Å². The summed E-state index contributed by atoms with van der Waals surface area (Å²) in [7, 11) is -4.34. The van der Waals surface area contributed by atoms with Crippen LogP contribution in [0.15, 0.2) is 24.3 Å². The minimum atomic E-state index is -4.34. The van der Waals surface area contributed by atoms with Crippen LogP contribution in [0.1, 0.15) is 213 Å². The van der Waals surface area contributed by atoms with Crippen LogP contribution in [0.3, 0.4) is 0 Å². The predicted octanol–water partition coefficient (Wildman–Crippen LogP) is 12.2. The summed E-state index contributed by atoms with van der Waals surface area (Å²) in [6.45, 7) is 4.12. The molecule has 308 valence electrons. The van der Waals surface area contributed by atoms with Gasteiger partial charge in [-0.25, -0.2) is 4.57 Å². The van der Waals surface area contributed by atoms with Crippen LogP contribution in [-0.2, 0) is 18.4 Å². The zero-order chi connectivity index (χ0) is 38.2. The summed E-state index contributed by atoms with van der Waals surface area (Å²) in [5, 5.41) is 13.7. The molecular formula is C43H85N2O6P. The Hall–Kier alpha value is -1.02. The maximum Gasteiger partial charge on any atom is 0.472 e. The molecule has 0 rings (SSSR count). The van der Waals surface area contributed by atoms with Gasteiger partial charge in [-0.15, -0.1) is 0 Å². The number of aliphatic hydroxyl groups excluding tert-OH is 1. The number of rotatable bonds is 41. The maximum atomic E-state index is 12.7. The molecule has 3 atom stereocenters. The number of nitrogens with two attached hydrogens (primary N) is 1. The Morgan fingerprint density at radius 2 is 1.00 bits per heavy atom. The van der Waals surface area contributed by atoms with Crippen LogP contribution in [0.25, 0.3) is 0 Å². The molecular weight excluding hydrogens is 671 g/mol. The molecule has 0 aromatic carbocycles. The third kappa shape index (κ3) is 37.3. The molecule has 9 heteroatoms. The van der Waals surface area contributed by atoms with Crippen molar-refractivity contribution < 1.29 is 28.4 Å². The number of carbonyl (C=O) groups is 1. The van der Waals surface area contributed by atoms with E-state index in [4.69, 9.17) is 14.8 Å². The highest BCUT2D eigenvalue weighted by molar-refractivity contribution is 7.47. The quantitative estimate of drug-likeness (QED) is 0.0277. The SMILES string of the molecule is CCCCCC/C=C\CCCCCCCC(=O)NC(COP(=O)(O)OCCN)C(O)/C=C/CCCCCCCCCCCCCCCCCCCC. The molecule has 0 radical (unpaired) electrons. The lowest BCUT2D eigenvalue weighted by Crippen LogP contribution is -2.45. The first kappa shape index (κ1) is 51.0. The second kappa shape index (κ2) is 39.7. The van der Waals surface area contributed by atoms with E-state index in [1.807, 2.05) is 6.08 Å². The van der Waals surface area contributed by atoms with E-state index in [9.17, 15) is 19.4 Å². The predicted molar refractivity (Wildman–Crippen MR) is 221 cm³/mol. The minimum absolute atomic E-state index is 0.0781. The normalized spacial score (nSPS) is 14.3. The van der Waals surface area contributed by atoms with Crippen molar-refractivity contribution in [2.45, 2.75) is 225 Å². The van der Waals surface area contributed by atoms with Crippen LogP contribution in [0, 0.1) is 0 Å². The molecule has 0 aliphatic heterocycles. The molecule has 0 fully saturated rings. The molecule has 8 nitrogen and oxygen atoms in total. The van der Waals surface area contributed by atoms with Gasteiger partial charge >= 0.3 is 7.82 Å². The Morgan fingerprint density at radius 1 is 0.615 bits per heavy atom. The highest BCUT2D eigenvalue weighted by Gasteiger charge is 2.26. The highest BCUT2D eigenvalue weighted by Crippen LogP contribution is 2.43. The van der Waals surface area contributed by atoms with Crippen LogP contribution < -0.4 is 11.1 Å². The molecule has 0 aromatic rings. The number of amides is 1. The summed E-state index contributed by atoms with van der Waals surface area (Å²) in [6.07, 6.45) is 45.1. The van der Waals surface area contributed by atoms with Crippen LogP contribution >= 0.6 is 7.82 Å². The number of unbranched alkanes of at least 4 members (excludes halogenated alkanes) is 27. The number of aliphatic hydroxyl groups is 1. The lowest BCUT2D eigenvalue weighted by Gasteiger charge is -2.23. The van der Waals surface area contributed by atoms with E-state index in [-0.39, 0.29) is 25.7 Å². The fourth-order valence-corrected chi connectivity index (χ4v) is 7.18. The maximum absolute atomic E-state index is 12.7. The number of phosphoric acid groups is 1. The average Bonchev–Trinajstić information content (AvgIpc) is 3.13. The fraction of sp³-hybridized carbons (Fsp3) is 0.884. The molecule has 0 aliphatic carbocycles. The second-order valence-corrected chi connectivity index (χ2v) is 16.4. The van der Waals surface area contributed by atoms with Gasteiger partial charge in [0.2, 0.25) is 5.91 Å². The Labute approximate surface area is 321 Å². The van der Waals surface area contributed by atoms with Crippen LogP contribution in [0.5, 0.6) is 0 Å². The largest absolute Gasteiger partial charge is 0.472 e. The van der Waals surface area contributed by atoms with E-state index in [0.29, 0.717) is 6.42 Å². The van der Waals surface area contributed by atoms with E-state index in [1.165, 1.54) is 141 Å². The number of carbonyl (C=O) groups excluding carboxylic acids is 1. The molecule has 0 spiro atoms. The lowest BCUT2D eigenvalue weighted by molar-refractivity contribution is -0.123. The van der Waals surface area contributed by atoms with Crippen molar-refractivity contribution in [2.24, 2.45) is 5.73 Å². The third-order valence-electron chi connectivity index (χ3n) is 9.77. The Morgan fingerprint density at radius 3 is 1.44 bits per heavy atom. The van der Waals surface area contributed by atoms with Gasteiger partial charge in [-0.1, -0.05) is 186 Å². The summed E-state index contributed by atoms with van der Waals surface area (Å²) in [5.74, 6) is -0.203. The molecule has 3 unspecified atom stereocenters. The summed E-state index contributed by atoms with van der Waals surface area (Å²) in [5.41, 5.74) is 5.37. The van der Waals surface area contributed by atoms with Crippen molar-refractivity contribution >= 4 is 13.7 Å². The molecule has 52 heavy (non-hydrogen) atoms. The van der Waals surface area contributed by atoms with Crippen LogP contribution in [-0.4, -0.2) is 47.8 Å². The number of allylic oxidation sites excluding steroid dienone is 3. The molecule has 0 saturated carbocycles. The summed E-state index contributed by atoms with van der Waals surface area (Å²) < 4.78 is 22.1. The Bertz CT molecular complexity index is 871. The zero-order valence-electron chi connectivity index (χ0n) is 34.1. The summed E-state index contributed by atoms with van der Waals surface area (Å²) >= 11 is 0. The number of hydrogen-bond donors (Lipinski definition) is 4. The Balaban J connectivity index is 4.18. The molecule has 0 bridgehead atoms. The van der Waals surface area contributed by atoms with Crippen molar-refractivity contribution in [1.82, 2.24) is 5.32 Å². The van der Waals surface area contributed by atoms with Crippen LogP contribution in [0.2, 0.25) is 0 Å². The van der Waals surface area contributed by atoms with E-state index < -0.39 is 20.0 Å². The first-order valence-electron chi connectivity index (χ1n) is 22.0. The first-order valence-corrected chi connectivity index (χ1v) is 23.5. The van der Waals surface area contributed by atoms with Gasteiger partial charge in [0.05, 0.1) is 25.4 Å². The van der Waals surface area contributed by atoms with Crippen molar-refractivity contribution in [3.05, 3.63) is 24.3 Å². The van der Waals surface area contributed by atoms with Crippen molar-refractivity contribution in [3.8, 4) is 0 Å². The molecule has 0 saturated heterocycles. The Kier molecular flexibility index (Phi) is 38.9.